The van der Waals surface area contributed by atoms with Crippen molar-refractivity contribution in [2.45, 2.75) is 38.5 Å². The van der Waals surface area contributed by atoms with Crippen molar-refractivity contribution in [2.75, 3.05) is 25.0 Å². The van der Waals surface area contributed by atoms with Gasteiger partial charge in [0, 0.05) is 24.3 Å². The summed E-state index contributed by atoms with van der Waals surface area (Å²) in [6.07, 6.45) is 1.80. The van der Waals surface area contributed by atoms with Crippen LogP contribution < -0.4 is 10.6 Å². The molecule has 1 aliphatic rings. The van der Waals surface area contributed by atoms with Crippen LogP contribution in [0, 0.1) is 11.8 Å². The highest BCUT2D eigenvalue weighted by atomic mass is 32.2. The number of hydrogen-bond acceptors (Lipinski definition) is 4. The Hall–Kier alpha value is -2.71. The van der Waals surface area contributed by atoms with Crippen LogP contribution in [0.25, 0.3) is 0 Å². The van der Waals surface area contributed by atoms with Gasteiger partial charge < -0.3 is 10.6 Å². The molecule has 32 heavy (non-hydrogen) atoms. The molecule has 2 amide bonds. The predicted octanol–water partition coefficient (Wildman–Crippen LogP) is 3.28. The zero-order valence-corrected chi connectivity index (χ0v) is 19.6. The lowest BCUT2D eigenvalue weighted by molar-refractivity contribution is -0.115. The molecule has 2 aromatic rings. The fourth-order valence-corrected chi connectivity index (χ4v) is 5.82. The van der Waals surface area contributed by atoms with E-state index < -0.39 is 15.9 Å². The van der Waals surface area contributed by atoms with Crippen molar-refractivity contribution < 1.29 is 18.0 Å². The van der Waals surface area contributed by atoms with Crippen LogP contribution in [0.2, 0.25) is 0 Å². The maximum atomic E-state index is 13.0. The summed E-state index contributed by atoms with van der Waals surface area (Å²) in [7, 11) is -3.60. The number of carbonyl (C=O) groups is 2. The maximum absolute atomic E-state index is 13.0. The largest absolute Gasteiger partial charge is 0.343 e. The van der Waals surface area contributed by atoms with Crippen molar-refractivity contribution in [1.29, 1.82) is 0 Å². The van der Waals surface area contributed by atoms with Gasteiger partial charge in [0.25, 0.3) is 5.91 Å². The van der Waals surface area contributed by atoms with Crippen LogP contribution in [-0.4, -0.2) is 44.2 Å². The standard InChI is InChI=1S/C24H31N3O4S/c1-4-19-7-5-6-8-22(19)26-23(28)14-25-24(29)20-9-11-21(12-10-20)32(30,31)27-15-17(2)13-18(3)16-27/h5-12,17-18H,4,13-16H2,1-3H3,(H,25,29)(H,26,28)/t17-,18-/m0/s1. The second kappa shape index (κ2) is 10.3. The van der Waals surface area contributed by atoms with Crippen LogP contribution >= 0.6 is 0 Å². The zero-order chi connectivity index (χ0) is 23.3. The smallest absolute Gasteiger partial charge is 0.251 e. The number of rotatable bonds is 7. The molecule has 1 fully saturated rings. The molecule has 8 heteroatoms. The van der Waals surface area contributed by atoms with Crippen molar-refractivity contribution in [1.82, 2.24) is 9.62 Å². The number of nitrogens with one attached hydrogen (secondary N) is 2. The Balaban J connectivity index is 1.59. The molecule has 0 spiro atoms. The summed E-state index contributed by atoms with van der Waals surface area (Å²) in [5.41, 5.74) is 2.04. The lowest BCUT2D eigenvalue weighted by atomic mass is 9.94. The van der Waals surface area contributed by atoms with E-state index in [1.165, 1.54) is 28.6 Å². The van der Waals surface area contributed by atoms with Crippen LogP contribution in [0.4, 0.5) is 5.69 Å². The second-order valence-corrected chi connectivity index (χ2v) is 10.5. The number of nitrogens with zero attached hydrogens (tertiary/aromatic N) is 1. The minimum absolute atomic E-state index is 0.171. The van der Waals surface area contributed by atoms with E-state index >= 15 is 0 Å². The number of para-hydroxylation sites is 1. The van der Waals surface area contributed by atoms with Gasteiger partial charge in [0.2, 0.25) is 15.9 Å². The van der Waals surface area contributed by atoms with Crippen molar-refractivity contribution in [3.63, 3.8) is 0 Å². The summed E-state index contributed by atoms with van der Waals surface area (Å²) in [4.78, 5) is 24.8. The van der Waals surface area contributed by atoms with Crippen LogP contribution in [0.3, 0.4) is 0 Å². The van der Waals surface area contributed by atoms with E-state index in [0.29, 0.717) is 30.5 Å². The monoisotopic (exact) mass is 457 g/mol. The number of piperidine rings is 1. The average molecular weight is 458 g/mol. The van der Waals surface area contributed by atoms with Crippen LogP contribution in [0.1, 0.15) is 43.1 Å². The SMILES string of the molecule is CCc1ccccc1NC(=O)CNC(=O)c1ccc(S(=O)(=O)N2C[C@@H](C)C[C@H](C)C2)cc1. The van der Waals surface area contributed by atoms with Crippen molar-refractivity contribution in [2.24, 2.45) is 11.8 Å². The summed E-state index contributed by atoms with van der Waals surface area (Å²) >= 11 is 0. The molecule has 1 heterocycles. The van der Waals surface area contributed by atoms with E-state index in [4.69, 9.17) is 0 Å². The molecule has 2 atom stereocenters. The topological polar surface area (TPSA) is 95.6 Å². The first-order valence-corrected chi connectivity index (χ1v) is 12.4. The molecule has 2 N–H and O–H groups in total. The highest BCUT2D eigenvalue weighted by Crippen LogP contribution is 2.26. The number of carbonyl (C=O) groups excluding carboxylic acids is 2. The highest BCUT2D eigenvalue weighted by Gasteiger charge is 2.31. The fraction of sp³-hybridized carbons (Fsp3) is 0.417. The molecule has 3 rings (SSSR count). The van der Waals surface area contributed by atoms with E-state index in [2.05, 4.69) is 24.5 Å². The molecule has 0 aromatic heterocycles. The van der Waals surface area contributed by atoms with Gasteiger partial charge in [-0.05, 0) is 60.6 Å². The third-order valence-electron chi connectivity index (χ3n) is 5.67. The first kappa shape index (κ1) is 23.9. The zero-order valence-electron chi connectivity index (χ0n) is 18.8. The lowest BCUT2D eigenvalue weighted by Crippen LogP contribution is -2.42. The van der Waals surface area contributed by atoms with Gasteiger partial charge in [-0.3, -0.25) is 9.59 Å². The van der Waals surface area contributed by atoms with Gasteiger partial charge in [-0.25, -0.2) is 8.42 Å². The fourth-order valence-electron chi connectivity index (χ4n) is 4.14. The first-order chi connectivity index (χ1) is 15.2. The third kappa shape index (κ3) is 5.75. The molecule has 2 aromatic carbocycles. The van der Waals surface area contributed by atoms with Gasteiger partial charge in [-0.1, -0.05) is 39.0 Å². The molecule has 0 bridgehead atoms. The van der Waals surface area contributed by atoms with Gasteiger partial charge in [0.1, 0.15) is 0 Å². The Morgan fingerprint density at radius 2 is 1.62 bits per heavy atom. The summed E-state index contributed by atoms with van der Waals surface area (Å²) in [6.45, 7) is 6.95. The molecule has 0 aliphatic carbocycles. The molecule has 1 saturated heterocycles. The minimum atomic E-state index is -3.60. The second-order valence-electron chi connectivity index (χ2n) is 8.53. The minimum Gasteiger partial charge on any atom is -0.343 e. The third-order valence-corrected chi connectivity index (χ3v) is 7.52. The molecule has 0 saturated carbocycles. The van der Waals surface area contributed by atoms with Crippen molar-refractivity contribution in [3.05, 3.63) is 59.7 Å². The predicted molar refractivity (Wildman–Crippen MR) is 125 cm³/mol. The maximum Gasteiger partial charge on any atom is 0.251 e. The van der Waals surface area contributed by atoms with Gasteiger partial charge in [0.05, 0.1) is 11.4 Å². The van der Waals surface area contributed by atoms with Crippen LogP contribution in [0.5, 0.6) is 0 Å². The van der Waals surface area contributed by atoms with E-state index in [9.17, 15) is 18.0 Å². The Bertz CT molecular complexity index is 1060. The first-order valence-electron chi connectivity index (χ1n) is 11.0. The van der Waals surface area contributed by atoms with Crippen LogP contribution in [0.15, 0.2) is 53.4 Å². The van der Waals surface area contributed by atoms with E-state index in [0.717, 1.165) is 24.1 Å². The van der Waals surface area contributed by atoms with Crippen molar-refractivity contribution >= 4 is 27.5 Å². The number of sulfonamides is 1. The molecule has 0 radical (unpaired) electrons. The molecule has 1 aliphatic heterocycles. The van der Waals surface area contributed by atoms with Gasteiger partial charge in [0.15, 0.2) is 0 Å². The Morgan fingerprint density at radius 1 is 1.00 bits per heavy atom. The van der Waals surface area contributed by atoms with E-state index in [1.807, 2.05) is 31.2 Å². The molecule has 172 valence electrons. The average Bonchev–Trinajstić information content (AvgIpc) is 2.77. The summed E-state index contributed by atoms with van der Waals surface area (Å²) < 4.78 is 27.5. The Labute approximate surface area is 190 Å². The Morgan fingerprint density at radius 3 is 2.25 bits per heavy atom. The highest BCUT2D eigenvalue weighted by molar-refractivity contribution is 7.89. The van der Waals surface area contributed by atoms with Crippen molar-refractivity contribution in [3.8, 4) is 0 Å². The van der Waals surface area contributed by atoms with E-state index in [1.54, 1.807) is 0 Å². The summed E-state index contributed by atoms with van der Waals surface area (Å²) in [6, 6.07) is 13.4. The quantitative estimate of drug-likeness (QED) is 0.667. The van der Waals surface area contributed by atoms with Gasteiger partial charge in [-0.15, -0.1) is 0 Å². The number of anilines is 1. The molecule has 0 unspecified atom stereocenters. The lowest BCUT2D eigenvalue weighted by Gasteiger charge is -2.34. The normalized spacial score (nSPS) is 19.3. The Kier molecular flexibility index (Phi) is 7.69. The van der Waals surface area contributed by atoms with Gasteiger partial charge in [-0.2, -0.15) is 4.31 Å². The number of hydrogen-bond donors (Lipinski definition) is 2. The number of aryl methyl sites for hydroxylation is 1. The summed E-state index contributed by atoms with van der Waals surface area (Å²) in [5.74, 6) is -0.136. The van der Waals surface area contributed by atoms with Crippen LogP contribution in [-0.2, 0) is 21.2 Å². The van der Waals surface area contributed by atoms with Gasteiger partial charge >= 0.3 is 0 Å². The number of amides is 2. The molecular weight excluding hydrogens is 426 g/mol. The van der Waals surface area contributed by atoms with E-state index in [-0.39, 0.29) is 17.3 Å². The number of benzene rings is 2. The molecule has 7 nitrogen and oxygen atoms in total. The molecular formula is C24H31N3O4S. The summed E-state index contributed by atoms with van der Waals surface area (Å²) in [5, 5.41) is 5.38.